The Hall–Kier alpha value is 0.570. The van der Waals surface area contributed by atoms with Gasteiger partial charge in [-0.2, -0.15) is 0 Å². The molecule has 0 saturated heterocycles. The van der Waals surface area contributed by atoms with Gasteiger partial charge in [-0.25, -0.2) is 0 Å². The van der Waals surface area contributed by atoms with Gasteiger partial charge in [0.25, 0.3) is 0 Å². The molecule has 0 N–H and O–H groups in total. The molecule has 0 radical (unpaired) electrons. The molecule has 1 aromatic rings. The first kappa shape index (κ1) is 9.66. The monoisotopic (exact) mass is 272 g/mol. The summed E-state index contributed by atoms with van der Waals surface area (Å²) in [4.78, 5) is -0.497. The third kappa shape index (κ3) is 2.51. The van der Waals surface area contributed by atoms with Crippen LogP contribution in [0.5, 0.6) is 0 Å². The molecule has 1 aromatic carbocycles. The van der Waals surface area contributed by atoms with E-state index in [2.05, 4.69) is 15.9 Å². The van der Waals surface area contributed by atoms with Gasteiger partial charge in [-0.3, -0.25) is 0 Å². The zero-order chi connectivity index (χ0) is 8.43. The molecule has 4 heteroatoms. The van der Waals surface area contributed by atoms with Gasteiger partial charge in [-0.15, -0.1) is 23.2 Å². The standard InChI is InChI=1S/C7H4BrCl3/c8-5-3-4(7(10)11)1-2-6(5)9/h1-3,7H. The van der Waals surface area contributed by atoms with E-state index >= 15 is 0 Å². The second kappa shape index (κ2) is 3.99. The molecule has 0 amide bonds. The Labute approximate surface area is 88.6 Å². The van der Waals surface area contributed by atoms with E-state index in [1.165, 1.54) is 0 Å². The van der Waals surface area contributed by atoms with Crippen molar-refractivity contribution in [3.05, 3.63) is 33.3 Å². The predicted octanol–water partition coefficient (Wildman–Crippen LogP) is 4.58. The number of halogens is 4. The molecule has 0 aliphatic rings. The van der Waals surface area contributed by atoms with Crippen molar-refractivity contribution in [1.82, 2.24) is 0 Å². The Morgan fingerprint density at radius 2 is 1.91 bits per heavy atom. The van der Waals surface area contributed by atoms with Gasteiger partial charge in [0, 0.05) is 4.47 Å². The van der Waals surface area contributed by atoms with Gasteiger partial charge in [0.2, 0.25) is 0 Å². The van der Waals surface area contributed by atoms with Gasteiger partial charge >= 0.3 is 0 Å². The summed E-state index contributed by atoms with van der Waals surface area (Å²) >= 11 is 20.3. The van der Waals surface area contributed by atoms with Gasteiger partial charge in [0.05, 0.1) is 5.02 Å². The van der Waals surface area contributed by atoms with Crippen LogP contribution in [0, 0.1) is 0 Å². The van der Waals surface area contributed by atoms with Crippen molar-refractivity contribution in [2.24, 2.45) is 0 Å². The minimum atomic E-state index is -0.497. The third-order valence-corrected chi connectivity index (χ3v) is 2.91. The molecular formula is C7H4BrCl3. The molecule has 0 unspecified atom stereocenters. The maximum Gasteiger partial charge on any atom is 0.132 e. The third-order valence-electron chi connectivity index (χ3n) is 1.20. The van der Waals surface area contributed by atoms with Crippen LogP contribution in [-0.4, -0.2) is 0 Å². The topological polar surface area (TPSA) is 0 Å². The number of rotatable bonds is 1. The average molecular weight is 274 g/mol. The highest BCUT2D eigenvalue weighted by Crippen LogP contribution is 2.30. The summed E-state index contributed by atoms with van der Waals surface area (Å²) in [5, 5.41) is 0.655. The van der Waals surface area contributed by atoms with E-state index in [1.807, 2.05) is 0 Å². The zero-order valence-corrected chi connectivity index (χ0v) is 9.18. The minimum absolute atomic E-state index is 0.497. The van der Waals surface area contributed by atoms with E-state index in [4.69, 9.17) is 34.8 Å². The van der Waals surface area contributed by atoms with Crippen LogP contribution in [0.25, 0.3) is 0 Å². The Bertz CT molecular complexity index is 260. The molecule has 0 nitrogen and oxygen atoms in total. The molecule has 0 spiro atoms. The van der Waals surface area contributed by atoms with Crippen LogP contribution in [0.15, 0.2) is 22.7 Å². The fourth-order valence-corrected chi connectivity index (χ4v) is 1.43. The number of benzene rings is 1. The molecule has 0 atom stereocenters. The van der Waals surface area contributed by atoms with Crippen molar-refractivity contribution >= 4 is 50.7 Å². The lowest BCUT2D eigenvalue weighted by molar-refractivity contribution is 1.34. The maximum atomic E-state index is 5.75. The van der Waals surface area contributed by atoms with E-state index in [0.717, 1.165) is 10.0 Å². The van der Waals surface area contributed by atoms with Gasteiger partial charge in [0.1, 0.15) is 4.84 Å². The molecule has 0 heterocycles. The maximum absolute atomic E-state index is 5.75. The van der Waals surface area contributed by atoms with Crippen LogP contribution in [0.1, 0.15) is 10.4 Å². The van der Waals surface area contributed by atoms with Crippen LogP contribution < -0.4 is 0 Å². The van der Waals surface area contributed by atoms with Gasteiger partial charge in [-0.1, -0.05) is 17.7 Å². The molecule has 1 rings (SSSR count). The summed E-state index contributed by atoms with van der Waals surface area (Å²) < 4.78 is 0.808. The van der Waals surface area contributed by atoms with Crippen molar-refractivity contribution in [3.8, 4) is 0 Å². The highest BCUT2D eigenvalue weighted by Gasteiger charge is 2.04. The van der Waals surface area contributed by atoms with Crippen LogP contribution in [-0.2, 0) is 0 Å². The average Bonchev–Trinajstić information content (AvgIpc) is 1.94. The summed E-state index contributed by atoms with van der Waals surface area (Å²) in [6.07, 6.45) is 0. The lowest BCUT2D eigenvalue weighted by atomic mass is 10.2. The molecule has 11 heavy (non-hydrogen) atoms. The first-order valence-electron chi connectivity index (χ1n) is 2.84. The molecule has 0 aliphatic carbocycles. The van der Waals surface area contributed by atoms with Crippen LogP contribution >= 0.6 is 50.7 Å². The van der Waals surface area contributed by atoms with Crippen molar-refractivity contribution < 1.29 is 0 Å². The lowest BCUT2D eigenvalue weighted by Gasteiger charge is -2.02. The summed E-state index contributed by atoms with van der Waals surface area (Å²) in [6.45, 7) is 0. The van der Waals surface area contributed by atoms with E-state index in [-0.39, 0.29) is 0 Å². The van der Waals surface area contributed by atoms with Crippen LogP contribution in [0.2, 0.25) is 5.02 Å². The molecular weight excluding hydrogens is 270 g/mol. The van der Waals surface area contributed by atoms with Crippen molar-refractivity contribution in [2.75, 3.05) is 0 Å². The predicted molar refractivity (Wildman–Crippen MR) is 53.6 cm³/mol. The number of hydrogen-bond acceptors (Lipinski definition) is 0. The Morgan fingerprint density at radius 3 is 2.36 bits per heavy atom. The number of alkyl halides is 2. The van der Waals surface area contributed by atoms with Crippen molar-refractivity contribution in [2.45, 2.75) is 4.84 Å². The summed E-state index contributed by atoms with van der Waals surface area (Å²) in [7, 11) is 0. The molecule has 0 bridgehead atoms. The van der Waals surface area contributed by atoms with Crippen molar-refractivity contribution in [1.29, 1.82) is 0 Å². The molecule has 0 aromatic heterocycles. The second-order valence-corrected chi connectivity index (χ2v) is 4.33. The SMILES string of the molecule is Clc1ccc(C(Cl)Cl)cc1Br. The minimum Gasteiger partial charge on any atom is -0.100 e. The van der Waals surface area contributed by atoms with Crippen molar-refractivity contribution in [3.63, 3.8) is 0 Å². The highest BCUT2D eigenvalue weighted by molar-refractivity contribution is 9.10. The summed E-state index contributed by atoms with van der Waals surface area (Å²) in [5.74, 6) is 0. The molecule has 0 aliphatic heterocycles. The Kier molecular flexibility index (Phi) is 3.51. The van der Waals surface area contributed by atoms with Gasteiger partial charge < -0.3 is 0 Å². The quantitative estimate of drug-likeness (QED) is 0.658. The fourth-order valence-electron chi connectivity index (χ4n) is 0.648. The zero-order valence-electron chi connectivity index (χ0n) is 5.32. The Balaban J connectivity index is 3.05. The highest BCUT2D eigenvalue weighted by atomic mass is 79.9. The molecule has 60 valence electrons. The van der Waals surface area contributed by atoms with E-state index in [1.54, 1.807) is 18.2 Å². The lowest BCUT2D eigenvalue weighted by Crippen LogP contribution is -1.80. The molecule has 0 saturated carbocycles. The van der Waals surface area contributed by atoms with E-state index < -0.39 is 4.84 Å². The first-order chi connectivity index (χ1) is 5.11. The van der Waals surface area contributed by atoms with E-state index in [0.29, 0.717) is 5.02 Å². The number of hydrogen-bond donors (Lipinski definition) is 0. The largest absolute Gasteiger partial charge is 0.132 e. The smallest absolute Gasteiger partial charge is 0.100 e. The summed E-state index contributed by atoms with van der Waals surface area (Å²) in [6, 6.07) is 5.34. The van der Waals surface area contributed by atoms with Gasteiger partial charge in [0.15, 0.2) is 0 Å². The fraction of sp³-hybridized carbons (Fsp3) is 0.143. The van der Waals surface area contributed by atoms with E-state index in [9.17, 15) is 0 Å². The first-order valence-corrected chi connectivity index (χ1v) is 4.88. The van der Waals surface area contributed by atoms with Crippen LogP contribution in [0.4, 0.5) is 0 Å². The Morgan fingerprint density at radius 1 is 1.27 bits per heavy atom. The second-order valence-electron chi connectivity index (χ2n) is 1.97. The van der Waals surface area contributed by atoms with Crippen LogP contribution in [0.3, 0.4) is 0 Å². The summed E-state index contributed by atoms with van der Waals surface area (Å²) in [5.41, 5.74) is 0.838. The molecule has 0 fully saturated rings. The van der Waals surface area contributed by atoms with Gasteiger partial charge in [-0.05, 0) is 33.6 Å². The normalized spacial score (nSPS) is 10.6.